The van der Waals surface area contributed by atoms with Crippen LogP contribution < -0.4 is 0 Å². The molecule has 0 amide bonds. The molecule has 3 nitrogen and oxygen atoms in total. The SMILES string of the molecule is Cc1ccc(Cl)cc1C1=C(O)C(C)(C)OC(C)(C)C1=O. The van der Waals surface area contributed by atoms with Crippen molar-refractivity contribution in [1.29, 1.82) is 0 Å². The van der Waals surface area contributed by atoms with Crippen molar-refractivity contribution in [2.24, 2.45) is 0 Å². The van der Waals surface area contributed by atoms with Gasteiger partial charge in [0.05, 0.1) is 5.57 Å². The number of Topliss-reactive ketones (excluding diaryl/α,β-unsaturated/α-hetero) is 1. The average Bonchev–Trinajstić information content (AvgIpc) is 2.30. The standard InChI is InChI=1S/C16H19ClO3/c1-9-6-7-10(17)8-11(9)12-13(18)15(2,3)20-16(4,5)14(12)19/h6-8,18H,1-5H3. The first-order chi connectivity index (χ1) is 9.06. The number of aliphatic hydroxyl groups is 1. The largest absolute Gasteiger partial charge is 0.508 e. The van der Waals surface area contributed by atoms with E-state index in [1.807, 2.05) is 13.0 Å². The lowest BCUT2D eigenvalue weighted by Crippen LogP contribution is -2.49. The van der Waals surface area contributed by atoms with Crippen LogP contribution in [0.2, 0.25) is 5.02 Å². The molecule has 0 saturated carbocycles. The smallest absolute Gasteiger partial charge is 0.198 e. The third-order valence-corrected chi connectivity index (χ3v) is 3.80. The summed E-state index contributed by atoms with van der Waals surface area (Å²) < 4.78 is 5.72. The molecule has 4 heteroatoms. The van der Waals surface area contributed by atoms with Crippen LogP contribution >= 0.6 is 11.6 Å². The molecule has 1 aromatic carbocycles. The van der Waals surface area contributed by atoms with Crippen molar-refractivity contribution in [2.75, 3.05) is 0 Å². The van der Waals surface area contributed by atoms with Crippen LogP contribution in [0.25, 0.3) is 5.57 Å². The van der Waals surface area contributed by atoms with Gasteiger partial charge in [0.1, 0.15) is 17.0 Å². The Labute approximate surface area is 124 Å². The highest BCUT2D eigenvalue weighted by atomic mass is 35.5. The number of carbonyl (C=O) groups is 1. The number of halogens is 1. The van der Waals surface area contributed by atoms with Gasteiger partial charge >= 0.3 is 0 Å². The summed E-state index contributed by atoms with van der Waals surface area (Å²) in [6.07, 6.45) is 0. The van der Waals surface area contributed by atoms with Gasteiger partial charge in [-0.1, -0.05) is 17.7 Å². The average molecular weight is 295 g/mol. The molecule has 0 aliphatic carbocycles. The monoisotopic (exact) mass is 294 g/mol. The Balaban J connectivity index is 2.74. The van der Waals surface area contributed by atoms with Crippen molar-refractivity contribution in [2.45, 2.75) is 45.8 Å². The minimum Gasteiger partial charge on any atom is -0.508 e. The number of hydrogen-bond donors (Lipinski definition) is 1. The molecule has 0 spiro atoms. The lowest BCUT2D eigenvalue weighted by atomic mass is 9.82. The maximum atomic E-state index is 12.6. The Morgan fingerprint density at radius 1 is 1.15 bits per heavy atom. The second kappa shape index (κ2) is 4.61. The molecule has 2 rings (SSSR count). The van der Waals surface area contributed by atoms with E-state index in [1.165, 1.54) is 0 Å². The van der Waals surface area contributed by atoms with Gasteiger partial charge in [-0.3, -0.25) is 4.79 Å². The Kier molecular flexibility index (Phi) is 3.47. The van der Waals surface area contributed by atoms with E-state index in [-0.39, 0.29) is 11.5 Å². The Bertz CT molecular complexity index is 612. The number of carbonyl (C=O) groups excluding carboxylic acids is 1. The van der Waals surface area contributed by atoms with Crippen LogP contribution in [0.3, 0.4) is 0 Å². The molecule has 0 saturated heterocycles. The fourth-order valence-electron chi connectivity index (χ4n) is 2.56. The molecule has 1 aliphatic heterocycles. The molecule has 0 aromatic heterocycles. The van der Waals surface area contributed by atoms with Crippen molar-refractivity contribution >= 4 is 23.0 Å². The van der Waals surface area contributed by atoms with Crippen molar-refractivity contribution in [1.82, 2.24) is 0 Å². The van der Waals surface area contributed by atoms with E-state index in [9.17, 15) is 9.90 Å². The molecule has 0 fully saturated rings. The number of ketones is 1. The van der Waals surface area contributed by atoms with Crippen LogP contribution in [0.1, 0.15) is 38.8 Å². The molecule has 0 radical (unpaired) electrons. The Hall–Kier alpha value is -1.32. The molecular weight excluding hydrogens is 276 g/mol. The van der Waals surface area contributed by atoms with Crippen LogP contribution in [0, 0.1) is 6.92 Å². The van der Waals surface area contributed by atoms with Gasteiger partial charge in [0.15, 0.2) is 5.78 Å². The molecule has 1 heterocycles. The highest BCUT2D eigenvalue weighted by Gasteiger charge is 2.47. The minimum absolute atomic E-state index is 0.0489. The maximum absolute atomic E-state index is 12.6. The van der Waals surface area contributed by atoms with E-state index in [4.69, 9.17) is 16.3 Å². The Morgan fingerprint density at radius 2 is 1.75 bits per heavy atom. The quantitative estimate of drug-likeness (QED) is 0.849. The number of benzene rings is 1. The van der Waals surface area contributed by atoms with E-state index in [0.717, 1.165) is 5.56 Å². The van der Waals surface area contributed by atoms with E-state index in [1.54, 1.807) is 39.8 Å². The second-order valence-corrected chi connectivity index (χ2v) is 6.57. The first kappa shape index (κ1) is 15.1. The predicted octanol–water partition coefficient (Wildman–Crippen LogP) is 4.07. The highest BCUT2D eigenvalue weighted by Crippen LogP contribution is 2.41. The van der Waals surface area contributed by atoms with Gasteiger partial charge in [-0.2, -0.15) is 0 Å². The van der Waals surface area contributed by atoms with Crippen LogP contribution in [-0.2, 0) is 9.53 Å². The molecule has 1 aliphatic rings. The summed E-state index contributed by atoms with van der Waals surface area (Å²) in [5, 5.41) is 11.0. The van der Waals surface area contributed by atoms with E-state index in [0.29, 0.717) is 16.2 Å². The first-order valence-electron chi connectivity index (χ1n) is 6.51. The lowest BCUT2D eigenvalue weighted by molar-refractivity contribution is -0.158. The first-order valence-corrected chi connectivity index (χ1v) is 6.89. The highest BCUT2D eigenvalue weighted by molar-refractivity contribution is 6.32. The number of ether oxygens (including phenoxy) is 1. The molecule has 1 N–H and O–H groups in total. The van der Waals surface area contributed by atoms with Gasteiger partial charge in [0.25, 0.3) is 0 Å². The number of hydrogen-bond acceptors (Lipinski definition) is 3. The summed E-state index contributed by atoms with van der Waals surface area (Å²) in [5.74, 6) is -0.285. The van der Waals surface area contributed by atoms with Gasteiger partial charge in [-0.15, -0.1) is 0 Å². The zero-order chi connectivity index (χ0) is 15.3. The maximum Gasteiger partial charge on any atom is 0.198 e. The summed E-state index contributed by atoms with van der Waals surface area (Å²) >= 11 is 6.03. The molecule has 0 bridgehead atoms. The fraction of sp³-hybridized carbons (Fsp3) is 0.438. The van der Waals surface area contributed by atoms with Crippen molar-refractivity contribution < 1.29 is 14.6 Å². The van der Waals surface area contributed by atoms with Gasteiger partial charge < -0.3 is 9.84 Å². The van der Waals surface area contributed by atoms with Gasteiger partial charge in [0.2, 0.25) is 0 Å². The second-order valence-electron chi connectivity index (χ2n) is 6.13. The molecule has 1 aromatic rings. The number of aryl methyl sites for hydroxylation is 1. The summed E-state index contributed by atoms with van der Waals surface area (Å²) in [5.41, 5.74) is -0.0603. The summed E-state index contributed by atoms with van der Waals surface area (Å²) in [4.78, 5) is 12.6. The van der Waals surface area contributed by atoms with E-state index in [2.05, 4.69) is 0 Å². The number of aliphatic hydroxyl groups excluding tert-OH is 1. The normalized spacial score (nSPS) is 21.2. The molecule has 20 heavy (non-hydrogen) atoms. The zero-order valence-corrected chi connectivity index (χ0v) is 13.1. The summed E-state index contributed by atoms with van der Waals surface area (Å²) in [7, 11) is 0. The van der Waals surface area contributed by atoms with Gasteiger partial charge in [-0.25, -0.2) is 0 Å². The van der Waals surface area contributed by atoms with E-state index >= 15 is 0 Å². The van der Waals surface area contributed by atoms with Crippen molar-refractivity contribution in [3.8, 4) is 0 Å². The summed E-state index contributed by atoms with van der Waals surface area (Å²) in [6.45, 7) is 8.80. The topological polar surface area (TPSA) is 46.5 Å². The Morgan fingerprint density at radius 3 is 2.35 bits per heavy atom. The van der Waals surface area contributed by atoms with E-state index < -0.39 is 11.2 Å². The zero-order valence-electron chi connectivity index (χ0n) is 12.4. The predicted molar refractivity (Wildman–Crippen MR) is 80.0 cm³/mol. The molecule has 0 atom stereocenters. The minimum atomic E-state index is -0.986. The fourth-order valence-corrected chi connectivity index (χ4v) is 2.73. The lowest BCUT2D eigenvalue weighted by Gasteiger charge is -2.40. The van der Waals surface area contributed by atoms with Crippen LogP contribution in [0.5, 0.6) is 0 Å². The van der Waals surface area contributed by atoms with Crippen molar-refractivity contribution in [3.63, 3.8) is 0 Å². The summed E-state index contributed by atoms with van der Waals surface area (Å²) in [6, 6.07) is 5.30. The van der Waals surface area contributed by atoms with Crippen LogP contribution in [0.15, 0.2) is 24.0 Å². The van der Waals surface area contributed by atoms with Crippen LogP contribution in [0.4, 0.5) is 0 Å². The number of rotatable bonds is 1. The van der Waals surface area contributed by atoms with Crippen LogP contribution in [-0.4, -0.2) is 22.1 Å². The van der Waals surface area contributed by atoms with Gasteiger partial charge in [0, 0.05) is 5.02 Å². The molecular formula is C16H19ClO3. The van der Waals surface area contributed by atoms with Gasteiger partial charge in [-0.05, 0) is 57.9 Å². The molecule has 108 valence electrons. The molecule has 0 unspecified atom stereocenters. The third-order valence-electron chi connectivity index (χ3n) is 3.56. The van der Waals surface area contributed by atoms with Crippen molar-refractivity contribution in [3.05, 3.63) is 40.1 Å². The third kappa shape index (κ3) is 2.36.